The second-order valence-electron chi connectivity index (χ2n) is 8.57. The molecule has 2 amide bonds. The number of nitrogens with zero attached hydrogens (tertiary/aromatic N) is 4. The Morgan fingerprint density at radius 3 is 2.34 bits per heavy atom. The van der Waals surface area contributed by atoms with Gasteiger partial charge in [-0.1, -0.05) is 60.7 Å². The molecule has 0 saturated heterocycles. The van der Waals surface area contributed by atoms with E-state index >= 15 is 0 Å². The van der Waals surface area contributed by atoms with Crippen LogP contribution in [-0.2, 0) is 11.3 Å². The first-order valence-corrected chi connectivity index (χ1v) is 11.3. The van der Waals surface area contributed by atoms with E-state index in [4.69, 9.17) is 4.74 Å². The molecule has 8 nitrogen and oxygen atoms in total. The van der Waals surface area contributed by atoms with Gasteiger partial charge in [0.2, 0.25) is 0 Å². The van der Waals surface area contributed by atoms with Crippen molar-refractivity contribution in [2.24, 2.45) is 0 Å². The maximum atomic E-state index is 14.0. The maximum absolute atomic E-state index is 14.0. The van der Waals surface area contributed by atoms with Gasteiger partial charge in [0.1, 0.15) is 5.75 Å². The summed E-state index contributed by atoms with van der Waals surface area (Å²) in [5.74, 6) is -0.214. The van der Waals surface area contributed by atoms with Gasteiger partial charge in [0.15, 0.2) is 11.8 Å². The van der Waals surface area contributed by atoms with Crippen LogP contribution in [-0.4, -0.2) is 53.2 Å². The number of amides is 2. The third-order valence-electron chi connectivity index (χ3n) is 5.98. The number of hydrogen-bond acceptors (Lipinski definition) is 5. The molecule has 0 saturated carbocycles. The fourth-order valence-electron chi connectivity index (χ4n) is 4.23. The summed E-state index contributed by atoms with van der Waals surface area (Å²) >= 11 is 0. The monoisotopic (exact) mass is 468 g/mol. The number of carbonyl (C=O) groups excluding carboxylic acids is 2. The van der Waals surface area contributed by atoms with Crippen molar-refractivity contribution in [3.8, 4) is 5.75 Å². The molecular formula is C27H24N4O4. The van der Waals surface area contributed by atoms with Crippen LogP contribution in [0.15, 0.2) is 83.7 Å². The van der Waals surface area contributed by atoms with Crippen LogP contribution in [0.2, 0.25) is 0 Å². The minimum Gasteiger partial charge on any atom is -0.476 e. The summed E-state index contributed by atoms with van der Waals surface area (Å²) in [5.41, 5.74) is 1.31. The van der Waals surface area contributed by atoms with Crippen molar-refractivity contribution in [3.05, 3.63) is 100 Å². The van der Waals surface area contributed by atoms with Crippen LogP contribution in [0.3, 0.4) is 0 Å². The Morgan fingerprint density at radius 1 is 0.943 bits per heavy atom. The molecule has 35 heavy (non-hydrogen) atoms. The second-order valence-corrected chi connectivity index (χ2v) is 8.57. The van der Waals surface area contributed by atoms with Gasteiger partial charge in [-0.25, -0.2) is 4.68 Å². The van der Waals surface area contributed by atoms with E-state index in [-0.39, 0.29) is 30.2 Å². The third-order valence-corrected chi connectivity index (χ3v) is 5.98. The van der Waals surface area contributed by atoms with E-state index in [2.05, 4.69) is 5.10 Å². The summed E-state index contributed by atoms with van der Waals surface area (Å²) in [7, 11) is 3.29. The number of hydrogen-bond donors (Lipinski definition) is 0. The zero-order valence-corrected chi connectivity index (χ0v) is 19.4. The second kappa shape index (κ2) is 9.06. The highest BCUT2D eigenvalue weighted by atomic mass is 16.5. The Bertz CT molecular complexity index is 1480. The van der Waals surface area contributed by atoms with E-state index in [0.29, 0.717) is 22.2 Å². The number of carbonyl (C=O) groups is 2. The quantitative estimate of drug-likeness (QED) is 0.460. The lowest BCUT2D eigenvalue weighted by Crippen LogP contribution is -2.50. The molecule has 0 radical (unpaired) electrons. The molecule has 1 aliphatic heterocycles. The standard InChI is InChI=1S/C27H24N4O4/c1-29(2)26(33)23-17-30(21-14-8-9-15-22(21)35-23)27(34)24-19-12-6-7-13-20(19)25(32)31(28-24)16-18-10-4-3-5-11-18/h3-15,23H,16-17H2,1-2H3/t23-/m1/s1. The summed E-state index contributed by atoms with van der Waals surface area (Å²) in [6, 6.07) is 23.5. The molecule has 1 aromatic heterocycles. The molecule has 5 rings (SSSR count). The van der Waals surface area contributed by atoms with Crippen molar-refractivity contribution in [2.45, 2.75) is 12.6 Å². The van der Waals surface area contributed by atoms with Crippen molar-refractivity contribution < 1.29 is 14.3 Å². The van der Waals surface area contributed by atoms with E-state index in [0.717, 1.165) is 5.56 Å². The van der Waals surface area contributed by atoms with Gasteiger partial charge >= 0.3 is 0 Å². The lowest BCUT2D eigenvalue weighted by molar-refractivity contribution is -0.135. The first kappa shape index (κ1) is 22.3. The molecule has 0 spiro atoms. The molecule has 0 aliphatic carbocycles. The van der Waals surface area contributed by atoms with Crippen LogP contribution in [0.25, 0.3) is 10.8 Å². The number of para-hydroxylation sites is 2. The van der Waals surface area contributed by atoms with Crippen LogP contribution in [0.4, 0.5) is 5.69 Å². The number of ether oxygens (including phenoxy) is 1. The van der Waals surface area contributed by atoms with Crippen molar-refractivity contribution >= 4 is 28.3 Å². The Balaban J connectivity index is 1.63. The molecule has 0 fully saturated rings. The Hall–Kier alpha value is -4.46. The Kier molecular flexibility index (Phi) is 5.78. The van der Waals surface area contributed by atoms with Gasteiger partial charge in [-0.05, 0) is 23.8 Å². The summed E-state index contributed by atoms with van der Waals surface area (Å²) in [6.07, 6.45) is -0.856. The summed E-state index contributed by atoms with van der Waals surface area (Å²) in [6.45, 7) is 0.257. The van der Waals surface area contributed by atoms with Crippen LogP contribution in [0.1, 0.15) is 16.1 Å². The predicted octanol–water partition coefficient (Wildman–Crippen LogP) is 2.94. The third kappa shape index (κ3) is 4.14. The molecule has 0 N–H and O–H groups in total. The van der Waals surface area contributed by atoms with Gasteiger partial charge in [-0.2, -0.15) is 5.10 Å². The number of fused-ring (bicyclic) bond motifs is 2. The van der Waals surface area contributed by atoms with Crippen molar-refractivity contribution in [2.75, 3.05) is 25.5 Å². The van der Waals surface area contributed by atoms with Crippen LogP contribution < -0.4 is 15.2 Å². The van der Waals surface area contributed by atoms with Gasteiger partial charge < -0.3 is 9.64 Å². The molecule has 1 atom stereocenters. The molecular weight excluding hydrogens is 444 g/mol. The lowest BCUT2D eigenvalue weighted by Gasteiger charge is -2.35. The lowest BCUT2D eigenvalue weighted by atomic mass is 10.1. The number of rotatable bonds is 4. The molecule has 3 aromatic carbocycles. The van der Waals surface area contributed by atoms with Gasteiger partial charge in [-0.15, -0.1) is 0 Å². The number of aromatic nitrogens is 2. The summed E-state index contributed by atoms with van der Waals surface area (Å²) in [5, 5.41) is 5.40. The van der Waals surface area contributed by atoms with E-state index < -0.39 is 12.0 Å². The minimum atomic E-state index is -0.856. The molecule has 1 aliphatic rings. The first-order valence-electron chi connectivity index (χ1n) is 11.3. The molecule has 8 heteroatoms. The highest BCUT2D eigenvalue weighted by Gasteiger charge is 2.36. The molecule has 0 unspecified atom stereocenters. The van der Waals surface area contributed by atoms with Crippen LogP contribution in [0.5, 0.6) is 5.75 Å². The Labute approximate surface area is 202 Å². The predicted molar refractivity (Wildman–Crippen MR) is 133 cm³/mol. The zero-order valence-electron chi connectivity index (χ0n) is 19.4. The van der Waals surface area contributed by atoms with Crippen LogP contribution in [0, 0.1) is 0 Å². The maximum Gasteiger partial charge on any atom is 0.279 e. The van der Waals surface area contributed by atoms with E-state index in [1.165, 1.54) is 14.5 Å². The zero-order chi connectivity index (χ0) is 24.5. The fourth-order valence-corrected chi connectivity index (χ4v) is 4.23. The first-order chi connectivity index (χ1) is 16.9. The number of benzene rings is 3. The Morgan fingerprint density at radius 2 is 1.60 bits per heavy atom. The van der Waals surface area contributed by atoms with E-state index in [9.17, 15) is 14.4 Å². The minimum absolute atomic E-state index is 0.0285. The van der Waals surface area contributed by atoms with Gasteiger partial charge in [0.05, 0.1) is 24.2 Å². The average molecular weight is 469 g/mol. The van der Waals surface area contributed by atoms with Crippen molar-refractivity contribution in [1.29, 1.82) is 0 Å². The largest absolute Gasteiger partial charge is 0.476 e. The van der Waals surface area contributed by atoms with Crippen molar-refractivity contribution in [3.63, 3.8) is 0 Å². The normalized spacial score (nSPS) is 14.8. The summed E-state index contributed by atoms with van der Waals surface area (Å²) < 4.78 is 7.24. The van der Waals surface area contributed by atoms with Gasteiger partial charge in [-0.3, -0.25) is 19.3 Å². The topological polar surface area (TPSA) is 84.7 Å². The smallest absolute Gasteiger partial charge is 0.279 e. The van der Waals surface area contributed by atoms with Gasteiger partial charge in [0, 0.05) is 19.5 Å². The van der Waals surface area contributed by atoms with Crippen molar-refractivity contribution in [1.82, 2.24) is 14.7 Å². The SMILES string of the molecule is CN(C)C(=O)[C@H]1CN(C(=O)c2nn(Cc3ccccc3)c(=O)c3ccccc23)c2ccccc2O1. The highest BCUT2D eigenvalue weighted by Crippen LogP contribution is 2.34. The molecule has 176 valence electrons. The molecule has 0 bridgehead atoms. The van der Waals surface area contributed by atoms with E-state index in [1.54, 1.807) is 62.6 Å². The summed E-state index contributed by atoms with van der Waals surface area (Å²) in [4.78, 5) is 42.9. The number of anilines is 1. The highest BCUT2D eigenvalue weighted by molar-refractivity contribution is 6.13. The van der Waals surface area contributed by atoms with E-state index in [1.807, 2.05) is 30.3 Å². The molecule has 2 heterocycles. The number of likely N-dealkylation sites (N-methyl/N-ethyl adjacent to an activating group) is 1. The fraction of sp³-hybridized carbons (Fsp3) is 0.185. The van der Waals surface area contributed by atoms with Crippen LogP contribution >= 0.6 is 0 Å². The average Bonchev–Trinajstić information content (AvgIpc) is 2.89. The molecule has 4 aromatic rings. The van der Waals surface area contributed by atoms with Gasteiger partial charge in [0.25, 0.3) is 17.4 Å².